The fourth-order valence-electron chi connectivity index (χ4n) is 3.16. The van der Waals surface area contributed by atoms with Gasteiger partial charge < -0.3 is 0 Å². The molecule has 0 N–H and O–H groups in total. The number of aromatic nitrogens is 2. The van der Waals surface area contributed by atoms with E-state index < -0.39 is 24.1 Å². The number of halogens is 4. The smallest absolute Gasteiger partial charge is 0.275 e. The zero-order chi connectivity index (χ0) is 22.0. The van der Waals surface area contributed by atoms with E-state index in [9.17, 15) is 13.6 Å². The van der Waals surface area contributed by atoms with Crippen LogP contribution in [0.25, 0.3) is 11.1 Å². The second-order valence-corrected chi connectivity index (χ2v) is 7.46. The van der Waals surface area contributed by atoms with Crippen molar-refractivity contribution in [1.29, 1.82) is 0 Å². The van der Waals surface area contributed by atoms with Crippen molar-refractivity contribution in [3.8, 4) is 11.1 Å². The van der Waals surface area contributed by atoms with Gasteiger partial charge in [0.25, 0.3) is 12.3 Å². The van der Waals surface area contributed by atoms with Crippen molar-refractivity contribution in [2.45, 2.75) is 19.4 Å². The molecular formula is C21H19Cl2F2N3O2. The number of alkyl halides is 2. The van der Waals surface area contributed by atoms with Crippen LogP contribution in [0.5, 0.6) is 0 Å². The molecule has 3 aromatic rings. The number of benzene rings is 2. The fraction of sp³-hybridized carbons (Fsp3) is 0.238. The lowest BCUT2D eigenvalue weighted by atomic mass is 9.99. The summed E-state index contributed by atoms with van der Waals surface area (Å²) >= 11 is 12.1. The van der Waals surface area contributed by atoms with Gasteiger partial charge in [-0.1, -0.05) is 47.5 Å². The number of hydroxylamine groups is 2. The Bertz CT molecular complexity index is 1070. The van der Waals surface area contributed by atoms with Gasteiger partial charge in [0, 0.05) is 13.2 Å². The first kappa shape index (κ1) is 22.2. The minimum absolute atomic E-state index is 0.207. The van der Waals surface area contributed by atoms with E-state index in [2.05, 4.69) is 5.10 Å². The molecule has 0 saturated carbocycles. The van der Waals surface area contributed by atoms with Gasteiger partial charge in [0.2, 0.25) is 0 Å². The van der Waals surface area contributed by atoms with Gasteiger partial charge in [-0.25, -0.2) is 13.8 Å². The largest absolute Gasteiger partial charge is 0.282 e. The highest BCUT2D eigenvalue weighted by Crippen LogP contribution is 2.32. The summed E-state index contributed by atoms with van der Waals surface area (Å²) in [5, 5.41) is 5.62. The highest BCUT2D eigenvalue weighted by Gasteiger charge is 2.30. The third kappa shape index (κ3) is 4.48. The Morgan fingerprint density at radius 1 is 1.13 bits per heavy atom. The Labute approximate surface area is 182 Å². The molecule has 30 heavy (non-hydrogen) atoms. The van der Waals surface area contributed by atoms with Crippen LogP contribution in [0.3, 0.4) is 0 Å². The average molecular weight is 454 g/mol. The lowest BCUT2D eigenvalue weighted by molar-refractivity contribution is -0.121. The summed E-state index contributed by atoms with van der Waals surface area (Å²) in [7, 11) is 2.79. The third-order valence-electron chi connectivity index (χ3n) is 4.67. The van der Waals surface area contributed by atoms with Gasteiger partial charge in [0.15, 0.2) is 0 Å². The van der Waals surface area contributed by atoms with Crippen molar-refractivity contribution in [3.05, 3.63) is 75.5 Å². The molecule has 2 aromatic carbocycles. The Hall–Kier alpha value is -2.48. The molecule has 0 bridgehead atoms. The van der Waals surface area contributed by atoms with Gasteiger partial charge in [-0.3, -0.25) is 14.3 Å². The highest BCUT2D eigenvalue weighted by atomic mass is 35.5. The van der Waals surface area contributed by atoms with Gasteiger partial charge in [0.1, 0.15) is 5.69 Å². The van der Waals surface area contributed by atoms with Crippen LogP contribution in [-0.4, -0.2) is 27.9 Å². The van der Waals surface area contributed by atoms with E-state index in [1.54, 1.807) is 19.1 Å². The molecule has 1 unspecified atom stereocenters. The first-order chi connectivity index (χ1) is 14.2. The Morgan fingerprint density at radius 2 is 1.83 bits per heavy atom. The van der Waals surface area contributed by atoms with E-state index in [0.29, 0.717) is 10.0 Å². The first-order valence-corrected chi connectivity index (χ1v) is 9.73. The molecule has 158 valence electrons. The minimum atomic E-state index is -2.88. The molecule has 0 aliphatic carbocycles. The van der Waals surface area contributed by atoms with Crippen LogP contribution in [0, 0.1) is 0 Å². The summed E-state index contributed by atoms with van der Waals surface area (Å²) in [6.45, 7) is 1.74. The predicted molar refractivity (Wildman–Crippen MR) is 112 cm³/mol. The zero-order valence-corrected chi connectivity index (χ0v) is 18.0. The number of carbonyl (C=O) groups excluding carboxylic acids is 1. The number of hydrogen-bond donors (Lipinski definition) is 0. The molecule has 0 saturated heterocycles. The Kier molecular flexibility index (Phi) is 6.75. The van der Waals surface area contributed by atoms with Crippen molar-refractivity contribution in [2.24, 2.45) is 7.05 Å². The van der Waals surface area contributed by atoms with Crippen molar-refractivity contribution in [1.82, 2.24) is 14.8 Å². The van der Waals surface area contributed by atoms with Gasteiger partial charge >= 0.3 is 0 Å². The predicted octanol–water partition coefficient (Wildman–Crippen LogP) is 6.10. The van der Waals surface area contributed by atoms with E-state index >= 15 is 0 Å². The standard InChI is InChI=1S/C21H19Cl2F2N3O2/c1-12(28(30-3)21(29)16-11-27(2)26-19(16)20(24)25)13-5-4-6-14(9-13)15-7-8-17(22)18(23)10-15/h4-12,20H,1-3H3. The molecule has 1 atom stereocenters. The maximum Gasteiger partial charge on any atom is 0.282 e. The Balaban J connectivity index is 1.93. The molecule has 3 rings (SSSR count). The normalized spacial score (nSPS) is 12.3. The quantitative estimate of drug-likeness (QED) is 0.423. The molecule has 1 amide bonds. The molecule has 9 heteroatoms. The van der Waals surface area contributed by atoms with Crippen LogP contribution in [0.2, 0.25) is 10.0 Å². The van der Waals surface area contributed by atoms with Crippen LogP contribution in [-0.2, 0) is 11.9 Å². The lowest BCUT2D eigenvalue weighted by Crippen LogP contribution is -2.33. The van der Waals surface area contributed by atoms with Crippen LogP contribution in [0.1, 0.15) is 41.0 Å². The van der Waals surface area contributed by atoms with Crippen LogP contribution in [0.4, 0.5) is 8.78 Å². The lowest BCUT2D eigenvalue weighted by Gasteiger charge is -2.27. The molecular weight excluding hydrogens is 435 g/mol. The summed E-state index contributed by atoms with van der Waals surface area (Å²) in [6, 6.07) is 12.1. The van der Waals surface area contributed by atoms with Crippen LogP contribution < -0.4 is 0 Å². The van der Waals surface area contributed by atoms with E-state index in [1.165, 1.54) is 25.0 Å². The van der Waals surface area contributed by atoms with E-state index in [0.717, 1.165) is 21.8 Å². The number of carbonyl (C=O) groups is 1. The molecule has 0 spiro atoms. The maximum absolute atomic E-state index is 13.3. The summed E-state index contributed by atoms with van der Waals surface area (Å²) < 4.78 is 27.8. The molecule has 0 radical (unpaired) electrons. The van der Waals surface area contributed by atoms with Crippen molar-refractivity contribution in [3.63, 3.8) is 0 Å². The molecule has 1 aromatic heterocycles. The van der Waals surface area contributed by atoms with Gasteiger partial charge in [-0.05, 0) is 41.8 Å². The SMILES string of the molecule is CON(C(=O)c1cn(C)nc1C(F)F)C(C)c1cccc(-c2ccc(Cl)c(Cl)c2)c1. The molecule has 0 aliphatic heterocycles. The fourth-order valence-corrected chi connectivity index (χ4v) is 3.45. The number of amides is 1. The maximum atomic E-state index is 13.3. The average Bonchev–Trinajstić information content (AvgIpc) is 3.12. The molecule has 1 heterocycles. The van der Waals surface area contributed by atoms with Crippen molar-refractivity contribution >= 4 is 29.1 Å². The van der Waals surface area contributed by atoms with Gasteiger partial charge in [-0.15, -0.1) is 0 Å². The molecule has 0 aliphatic rings. The third-order valence-corrected chi connectivity index (χ3v) is 5.40. The second kappa shape index (κ2) is 9.12. The van der Waals surface area contributed by atoms with E-state index in [-0.39, 0.29) is 5.56 Å². The number of rotatable bonds is 6. The van der Waals surface area contributed by atoms with Crippen LogP contribution >= 0.6 is 23.2 Å². The van der Waals surface area contributed by atoms with Gasteiger partial charge in [-0.2, -0.15) is 5.10 Å². The van der Waals surface area contributed by atoms with Crippen molar-refractivity contribution < 1.29 is 18.4 Å². The monoisotopic (exact) mass is 453 g/mol. The molecule has 5 nitrogen and oxygen atoms in total. The summed E-state index contributed by atoms with van der Waals surface area (Å²) in [6.07, 6.45) is -1.62. The second-order valence-electron chi connectivity index (χ2n) is 6.65. The number of aryl methyl sites for hydroxylation is 1. The highest BCUT2D eigenvalue weighted by molar-refractivity contribution is 6.42. The number of hydrogen-bond acceptors (Lipinski definition) is 3. The van der Waals surface area contributed by atoms with Gasteiger partial charge in [0.05, 0.1) is 28.8 Å². The topological polar surface area (TPSA) is 47.4 Å². The Morgan fingerprint density at radius 3 is 2.47 bits per heavy atom. The summed E-state index contributed by atoms with van der Waals surface area (Å²) in [5.74, 6) is -0.701. The van der Waals surface area contributed by atoms with Crippen molar-refractivity contribution in [2.75, 3.05) is 7.11 Å². The van der Waals surface area contributed by atoms with Crippen LogP contribution in [0.15, 0.2) is 48.7 Å². The first-order valence-electron chi connectivity index (χ1n) is 8.97. The molecule has 0 fully saturated rings. The summed E-state index contributed by atoms with van der Waals surface area (Å²) in [5.41, 5.74) is 1.66. The van der Waals surface area contributed by atoms with E-state index in [1.807, 2.05) is 30.3 Å². The zero-order valence-electron chi connectivity index (χ0n) is 16.4. The van der Waals surface area contributed by atoms with E-state index in [4.69, 9.17) is 28.0 Å². The summed E-state index contributed by atoms with van der Waals surface area (Å²) in [4.78, 5) is 18.2. The number of nitrogens with zero attached hydrogens (tertiary/aromatic N) is 3. The minimum Gasteiger partial charge on any atom is -0.275 e.